The van der Waals surface area contributed by atoms with Crippen LogP contribution in [0.15, 0.2) is 30.3 Å². The molecule has 9 heteroatoms. The first-order valence-electron chi connectivity index (χ1n) is 12.6. The summed E-state index contributed by atoms with van der Waals surface area (Å²) in [6.45, 7) is 3.23. The van der Waals surface area contributed by atoms with E-state index < -0.39 is 5.82 Å². The number of hydrazine groups is 1. The van der Waals surface area contributed by atoms with Crippen molar-refractivity contribution in [1.82, 2.24) is 20.7 Å². The van der Waals surface area contributed by atoms with Crippen LogP contribution in [0.1, 0.15) is 41.6 Å². The molecule has 2 saturated heterocycles. The smallest absolute Gasteiger partial charge is 0.254 e. The molecule has 2 heterocycles. The van der Waals surface area contributed by atoms with Crippen LogP contribution in [0.2, 0.25) is 5.02 Å². The van der Waals surface area contributed by atoms with E-state index >= 15 is 4.39 Å². The second-order valence-corrected chi connectivity index (χ2v) is 10.5. The number of rotatable bonds is 5. The van der Waals surface area contributed by atoms with E-state index in [0.717, 1.165) is 18.4 Å². The highest BCUT2D eigenvalue weighted by Gasteiger charge is 2.37. The molecule has 0 radical (unpaired) electrons. The SMILES string of the molecule is Cc1cc(OCC2NNC3CCCCC32)c(-c2cc(C(=O)N3CCN(C)C(=O)C3)ccc2F)cc1Cl. The summed E-state index contributed by atoms with van der Waals surface area (Å²) in [5.74, 6) is 0.130. The van der Waals surface area contributed by atoms with Gasteiger partial charge in [0.1, 0.15) is 24.7 Å². The van der Waals surface area contributed by atoms with E-state index in [1.165, 1.54) is 35.9 Å². The van der Waals surface area contributed by atoms with Gasteiger partial charge in [0.15, 0.2) is 0 Å². The molecule has 2 aromatic carbocycles. The van der Waals surface area contributed by atoms with Gasteiger partial charge in [-0.25, -0.2) is 4.39 Å². The first-order valence-corrected chi connectivity index (χ1v) is 13.0. The summed E-state index contributed by atoms with van der Waals surface area (Å²) >= 11 is 6.44. The number of carbonyl (C=O) groups excluding carboxylic acids is 2. The number of nitrogens with one attached hydrogen (secondary N) is 2. The number of benzene rings is 2. The minimum atomic E-state index is -0.473. The Labute approximate surface area is 215 Å². The highest BCUT2D eigenvalue weighted by molar-refractivity contribution is 6.31. The van der Waals surface area contributed by atoms with Gasteiger partial charge in [-0.2, -0.15) is 0 Å². The van der Waals surface area contributed by atoms with Crippen LogP contribution in [0.5, 0.6) is 5.75 Å². The summed E-state index contributed by atoms with van der Waals surface area (Å²) in [5, 5.41) is 0.492. The number of hydrogen-bond acceptors (Lipinski definition) is 5. The molecule has 192 valence electrons. The fourth-order valence-electron chi connectivity index (χ4n) is 5.45. The summed E-state index contributed by atoms with van der Waals surface area (Å²) in [5.41, 5.74) is 8.66. The lowest BCUT2D eigenvalue weighted by Crippen LogP contribution is -2.50. The molecule has 2 amide bonds. The van der Waals surface area contributed by atoms with Gasteiger partial charge in [0.2, 0.25) is 5.91 Å². The Morgan fingerprint density at radius 3 is 2.75 bits per heavy atom. The van der Waals surface area contributed by atoms with Gasteiger partial charge in [-0.3, -0.25) is 20.4 Å². The van der Waals surface area contributed by atoms with Gasteiger partial charge in [-0.1, -0.05) is 24.4 Å². The topological polar surface area (TPSA) is 73.9 Å². The largest absolute Gasteiger partial charge is 0.491 e. The molecule has 5 rings (SSSR count). The van der Waals surface area contributed by atoms with Crippen molar-refractivity contribution in [1.29, 1.82) is 0 Å². The number of carbonyl (C=O) groups is 2. The molecule has 3 fully saturated rings. The average Bonchev–Trinajstić information content (AvgIpc) is 3.29. The van der Waals surface area contributed by atoms with E-state index in [-0.39, 0.29) is 30.0 Å². The van der Waals surface area contributed by atoms with Crippen LogP contribution in [0.4, 0.5) is 4.39 Å². The fraction of sp³-hybridized carbons (Fsp3) is 0.481. The summed E-state index contributed by atoms with van der Waals surface area (Å²) in [7, 11) is 1.72. The van der Waals surface area contributed by atoms with Crippen molar-refractivity contribution in [3.05, 3.63) is 52.3 Å². The number of nitrogens with zero attached hydrogens (tertiary/aromatic N) is 2. The van der Waals surface area contributed by atoms with Crippen molar-refractivity contribution >= 4 is 23.4 Å². The number of aryl methyl sites for hydroxylation is 1. The Hall–Kier alpha value is -2.68. The molecule has 36 heavy (non-hydrogen) atoms. The van der Waals surface area contributed by atoms with Crippen LogP contribution in [0, 0.1) is 18.7 Å². The van der Waals surface area contributed by atoms with Crippen molar-refractivity contribution < 1.29 is 18.7 Å². The maximum atomic E-state index is 15.1. The van der Waals surface area contributed by atoms with Gasteiger partial charge >= 0.3 is 0 Å². The molecular weight excluding hydrogens is 483 g/mol. The summed E-state index contributed by atoms with van der Waals surface area (Å²) < 4.78 is 21.4. The van der Waals surface area contributed by atoms with Gasteiger partial charge in [-0.15, -0.1) is 0 Å². The second kappa shape index (κ2) is 10.4. The molecule has 0 aromatic heterocycles. The van der Waals surface area contributed by atoms with Crippen LogP contribution < -0.4 is 15.6 Å². The van der Waals surface area contributed by atoms with E-state index in [4.69, 9.17) is 16.3 Å². The van der Waals surface area contributed by atoms with Crippen molar-refractivity contribution in [2.75, 3.05) is 33.3 Å². The maximum absolute atomic E-state index is 15.1. The quantitative estimate of drug-likeness (QED) is 0.635. The van der Waals surface area contributed by atoms with Gasteiger partial charge < -0.3 is 14.5 Å². The van der Waals surface area contributed by atoms with Crippen LogP contribution in [-0.2, 0) is 4.79 Å². The van der Waals surface area contributed by atoms with Gasteiger partial charge in [0, 0.05) is 47.9 Å². The van der Waals surface area contributed by atoms with Crippen molar-refractivity contribution in [3.63, 3.8) is 0 Å². The lowest BCUT2D eigenvalue weighted by Gasteiger charge is -2.32. The number of amides is 2. The molecule has 3 unspecified atom stereocenters. The third-order valence-electron chi connectivity index (χ3n) is 7.72. The molecule has 1 aliphatic carbocycles. The number of halogens is 2. The van der Waals surface area contributed by atoms with Crippen molar-refractivity contribution in [3.8, 4) is 16.9 Å². The van der Waals surface area contributed by atoms with E-state index in [1.54, 1.807) is 18.0 Å². The lowest BCUT2D eigenvalue weighted by molar-refractivity contribution is -0.133. The van der Waals surface area contributed by atoms with Crippen LogP contribution >= 0.6 is 11.6 Å². The zero-order chi connectivity index (χ0) is 25.4. The minimum Gasteiger partial charge on any atom is -0.491 e. The average molecular weight is 515 g/mol. The second-order valence-electron chi connectivity index (χ2n) is 10.1. The number of likely N-dealkylation sites (N-methyl/N-ethyl adjacent to an activating group) is 1. The molecule has 2 aliphatic heterocycles. The molecule has 2 aromatic rings. The Morgan fingerprint density at radius 2 is 1.94 bits per heavy atom. The Bertz CT molecular complexity index is 1180. The third-order valence-corrected chi connectivity index (χ3v) is 8.12. The van der Waals surface area contributed by atoms with Gasteiger partial charge in [0.25, 0.3) is 5.91 Å². The lowest BCUT2D eigenvalue weighted by atomic mass is 9.82. The van der Waals surface area contributed by atoms with E-state index in [0.29, 0.717) is 53.6 Å². The summed E-state index contributed by atoms with van der Waals surface area (Å²) in [6, 6.07) is 8.41. The molecule has 3 atom stereocenters. The van der Waals surface area contributed by atoms with Gasteiger partial charge in [-0.05, 0) is 61.6 Å². The number of hydrogen-bond donors (Lipinski definition) is 2. The summed E-state index contributed by atoms with van der Waals surface area (Å²) in [4.78, 5) is 28.3. The van der Waals surface area contributed by atoms with Crippen molar-refractivity contribution in [2.45, 2.75) is 44.7 Å². The van der Waals surface area contributed by atoms with Crippen LogP contribution in [0.25, 0.3) is 11.1 Å². The van der Waals surface area contributed by atoms with Gasteiger partial charge in [0.05, 0.1) is 6.04 Å². The van der Waals surface area contributed by atoms with E-state index in [1.807, 2.05) is 13.0 Å². The first-order chi connectivity index (χ1) is 17.3. The normalized spacial score (nSPS) is 24.1. The highest BCUT2D eigenvalue weighted by atomic mass is 35.5. The number of piperazine rings is 1. The third kappa shape index (κ3) is 4.94. The Kier molecular flexibility index (Phi) is 7.19. The fourth-order valence-corrected chi connectivity index (χ4v) is 5.61. The van der Waals surface area contributed by atoms with E-state index in [9.17, 15) is 9.59 Å². The zero-order valence-corrected chi connectivity index (χ0v) is 21.4. The molecule has 3 aliphatic rings. The monoisotopic (exact) mass is 514 g/mol. The number of ether oxygens (including phenoxy) is 1. The number of fused-ring (bicyclic) bond motifs is 1. The molecule has 7 nitrogen and oxygen atoms in total. The molecular formula is C27H32ClFN4O3. The minimum absolute atomic E-state index is 0.0113. The molecule has 2 N–H and O–H groups in total. The summed E-state index contributed by atoms with van der Waals surface area (Å²) in [6.07, 6.45) is 4.76. The maximum Gasteiger partial charge on any atom is 0.254 e. The van der Waals surface area contributed by atoms with Crippen LogP contribution in [0.3, 0.4) is 0 Å². The Balaban J connectivity index is 1.41. The molecule has 1 saturated carbocycles. The first kappa shape index (κ1) is 25.0. The van der Waals surface area contributed by atoms with Crippen molar-refractivity contribution in [2.24, 2.45) is 5.92 Å². The Morgan fingerprint density at radius 1 is 1.14 bits per heavy atom. The van der Waals surface area contributed by atoms with E-state index in [2.05, 4.69) is 10.9 Å². The standard InChI is InChI=1S/C27H32ClFN4O3/c1-16-11-25(36-15-24-18-5-3-4-6-23(18)30-31-24)20(13-21(16)28)19-12-17(7-8-22(19)29)27(35)33-10-9-32(2)26(34)14-33/h7-8,11-13,18,23-24,30-31H,3-6,9-10,14-15H2,1-2H3. The molecule has 0 spiro atoms. The predicted octanol–water partition coefficient (Wildman–Crippen LogP) is 3.78. The van der Waals surface area contributed by atoms with Crippen LogP contribution in [-0.4, -0.2) is 67.0 Å². The zero-order valence-electron chi connectivity index (χ0n) is 20.7. The molecule has 0 bridgehead atoms. The highest BCUT2D eigenvalue weighted by Crippen LogP contribution is 2.38. The predicted molar refractivity (Wildman–Crippen MR) is 136 cm³/mol.